The van der Waals surface area contributed by atoms with Gasteiger partial charge in [-0.2, -0.15) is 0 Å². The molecule has 2 amide bonds. The van der Waals surface area contributed by atoms with Crippen molar-refractivity contribution in [1.82, 2.24) is 10.2 Å². The molecule has 1 N–H and O–H groups in total. The van der Waals surface area contributed by atoms with Crippen molar-refractivity contribution in [1.29, 1.82) is 0 Å². The van der Waals surface area contributed by atoms with E-state index in [1.54, 1.807) is 35.2 Å². The Balaban J connectivity index is 1.62. The summed E-state index contributed by atoms with van der Waals surface area (Å²) in [5.74, 6) is -0.143. The lowest BCUT2D eigenvalue weighted by atomic mass is 10.1. The fraction of sp³-hybridized carbons (Fsp3) is 0.333. The van der Waals surface area contributed by atoms with Gasteiger partial charge < -0.3 is 14.6 Å². The molecule has 2 unspecified atom stereocenters. The molecule has 0 saturated carbocycles. The molecule has 2 aliphatic rings. The van der Waals surface area contributed by atoms with Gasteiger partial charge in [0.25, 0.3) is 5.91 Å². The van der Waals surface area contributed by atoms with E-state index in [0.29, 0.717) is 24.3 Å². The van der Waals surface area contributed by atoms with Crippen LogP contribution in [0.5, 0.6) is 0 Å². The van der Waals surface area contributed by atoms with Gasteiger partial charge in [-0.3, -0.25) is 9.59 Å². The summed E-state index contributed by atoms with van der Waals surface area (Å²) in [7, 11) is 0. The van der Waals surface area contributed by atoms with Gasteiger partial charge in [0.05, 0.1) is 5.56 Å². The first-order valence-electron chi connectivity index (χ1n) is 8.07. The molecule has 2 saturated heterocycles. The number of carbonyl (C=O) groups excluding carboxylic acids is 2. The van der Waals surface area contributed by atoms with E-state index in [1.165, 1.54) is 6.07 Å². The van der Waals surface area contributed by atoms with E-state index in [-0.39, 0.29) is 29.7 Å². The molecule has 6 heteroatoms. The van der Waals surface area contributed by atoms with Crippen LogP contribution in [0, 0.1) is 5.82 Å². The molecule has 1 aromatic heterocycles. The number of fused-ring (bicyclic) bond motifs is 2. The molecule has 4 rings (SSSR count). The number of rotatable bonds is 2. The van der Waals surface area contributed by atoms with Crippen LogP contribution >= 0.6 is 0 Å². The summed E-state index contributed by atoms with van der Waals surface area (Å²) in [6, 6.07) is 9.37. The maximum Gasteiger partial charge on any atom is 0.290 e. The average Bonchev–Trinajstić information content (AvgIpc) is 3.15. The summed E-state index contributed by atoms with van der Waals surface area (Å²) < 4.78 is 19.5. The van der Waals surface area contributed by atoms with Crippen molar-refractivity contribution in [3.8, 4) is 11.3 Å². The van der Waals surface area contributed by atoms with Gasteiger partial charge >= 0.3 is 0 Å². The Kier molecular flexibility index (Phi) is 3.59. The van der Waals surface area contributed by atoms with Crippen molar-refractivity contribution in [2.24, 2.45) is 0 Å². The summed E-state index contributed by atoms with van der Waals surface area (Å²) in [5, 5.41) is 2.84. The number of benzene rings is 1. The molecule has 124 valence electrons. The maximum atomic E-state index is 13.9. The molecule has 0 aliphatic carbocycles. The lowest BCUT2D eigenvalue weighted by Gasteiger charge is -2.26. The number of nitrogens with zero attached hydrogens (tertiary/aromatic N) is 1. The highest BCUT2D eigenvalue weighted by Crippen LogP contribution is 2.31. The first kappa shape index (κ1) is 14.9. The summed E-state index contributed by atoms with van der Waals surface area (Å²) in [6.07, 6.45) is 2.02. The smallest absolute Gasteiger partial charge is 0.290 e. The Labute approximate surface area is 138 Å². The number of nitrogens with one attached hydrogen (secondary N) is 1. The Bertz CT molecular complexity index is 801. The molecule has 1 aromatic carbocycles. The second-order valence-electron chi connectivity index (χ2n) is 6.25. The van der Waals surface area contributed by atoms with E-state index in [4.69, 9.17) is 4.42 Å². The van der Waals surface area contributed by atoms with E-state index in [9.17, 15) is 14.0 Å². The quantitative estimate of drug-likeness (QED) is 0.922. The highest BCUT2D eigenvalue weighted by molar-refractivity contribution is 5.93. The van der Waals surface area contributed by atoms with Crippen molar-refractivity contribution in [2.75, 3.05) is 6.54 Å². The minimum Gasteiger partial charge on any atom is -0.451 e. The Morgan fingerprint density at radius 3 is 2.79 bits per heavy atom. The summed E-state index contributed by atoms with van der Waals surface area (Å²) in [4.78, 5) is 26.3. The van der Waals surface area contributed by atoms with Gasteiger partial charge in [0, 0.05) is 25.0 Å². The molecule has 5 nitrogen and oxygen atoms in total. The van der Waals surface area contributed by atoms with Crippen molar-refractivity contribution < 1.29 is 18.4 Å². The SMILES string of the molecule is O=C1CC2CCC(CN1)N2C(=O)c1ccc(-c2ccccc2F)o1. The van der Waals surface area contributed by atoms with Crippen LogP contribution in [-0.4, -0.2) is 35.3 Å². The average molecular weight is 328 g/mol. The van der Waals surface area contributed by atoms with Gasteiger partial charge in [0.15, 0.2) is 5.76 Å². The lowest BCUT2D eigenvalue weighted by Crippen LogP contribution is -2.42. The van der Waals surface area contributed by atoms with E-state index in [0.717, 1.165) is 12.8 Å². The monoisotopic (exact) mass is 328 g/mol. The summed E-state index contributed by atoms with van der Waals surface area (Å²) in [5.41, 5.74) is 0.326. The third-order valence-electron chi connectivity index (χ3n) is 4.77. The van der Waals surface area contributed by atoms with E-state index in [2.05, 4.69) is 5.32 Å². The Morgan fingerprint density at radius 1 is 1.17 bits per heavy atom. The van der Waals surface area contributed by atoms with Gasteiger partial charge in [0.1, 0.15) is 11.6 Å². The second-order valence-corrected chi connectivity index (χ2v) is 6.25. The second kappa shape index (κ2) is 5.78. The van der Waals surface area contributed by atoms with Crippen LogP contribution in [0.3, 0.4) is 0 Å². The topological polar surface area (TPSA) is 62.6 Å². The van der Waals surface area contributed by atoms with Crippen molar-refractivity contribution in [3.63, 3.8) is 0 Å². The van der Waals surface area contributed by atoms with E-state index >= 15 is 0 Å². The molecular weight excluding hydrogens is 311 g/mol. The first-order valence-corrected chi connectivity index (χ1v) is 8.07. The third kappa shape index (κ3) is 2.48. The molecule has 2 fully saturated rings. The molecule has 0 spiro atoms. The highest BCUT2D eigenvalue weighted by atomic mass is 19.1. The molecular formula is C18H17FN2O3. The van der Waals surface area contributed by atoms with Gasteiger partial charge in [0.2, 0.25) is 5.91 Å². The number of furan rings is 1. The largest absolute Gasteiger partial charge is 0.451 e. The van der Waals surface area contributed by atoms with Crippen LogP contribution in [0.25, 0.3) is 11.3 Å². The van der Waals surface area contributed by atoms with Crippen LogP contribution in [0.2, 0.25) is 0 Å². The number of halogens is 1. The minimum absolute atomic E-state index is 0.00374. The normalized spacial score (nSPS) is 23.0. The minimum atomic E-state index is -0.393. The van der Waals surface area contributed by atoms with Crippen molar-refractivity contribution >= 4 is 11.8 Å². The predicted octanol–water partition coefficient (Wildman–Crippen LogP) is 2.58. The zero-order valence-corrected chi connectivity index (χ0v) is 13.0. The predicted molar refractivity (Wildman–Crippen MR) is 84.7 cm³/mol. The van der Waals surface area contributed by atoms with Crippen molar-refractivity contribution in [2.45, 2.75) is 31.3 Å². The van der Waals surface area contributed by atoms with Gasteiger partial charge in [-0.15, -0.1) is 0 Å². The van der Waals surface area contributed by atoms with Crippen LogP contribution in [-0.2, 0) is 4.79 Å². The Hall–Kier alpha value is -2.63. The number of carbonyl (C=O) groups is 2. The summed E-state index contributed by atoms with van der Waals surface area (Å²) in [6.45, 7) is 0.474. The molecule has 0 radical (unpaired) electrons. The highest BCUT2D eigenvalue weighted by Gasteiger charge is 2.41. The van der Waals surface area contributed by atoms with Crippen molar-refractivity contribution in [3.05, 3.63) is 48.0 Å². The van der Waals surface area contributed by atoms with Crippen LogP contribution < -0.4 is 5.32 Å². The fourth-order valence-electron chi connectivity index (χ4n) is 3.60. The van der Waals surface area contributed by atoms with Gasteiger partial charge in [-0.25, -0.2) is 4.39 Å². The summed E-state index contributed by atoms with van der Waals surface area (Å²) >= 11 is 0. The zero-order valence-electron chi connectivity index (χ0n) is 13.0. The molecule has 2 bridgehead atoms. The van der Waals surface area contributed by atoms with Crippen LogP contribution in [0.4, 0.5) is 4.39 Å². The fourth-order valence-corrected chi connectivity index (χ4v) is 3.60. The maximum absolute atomic E-state index is 13.9. The van der Waals surface area contributed by atoms with E-state index < -0.39 is 5.82 Å². The van der Waals surface area contributed by atoms with Gasteiger partial charge in [-0.05, 0) is 37.1 Å². The number of hydrogen-bond donors (Lipinski definition) is 1. The molecule has 2 aliphatic heterocycles. The van der Waals surface area contributed by atoms with E-state index in [1.807, 2.05) is 0 Å². The van der Waals surface area contributed by atoms with Crippen LogP contribution in [0.15, 0.2) is 40.8 Å². The third-order valence-corrected chi connectivity index (χ3v) is 4.77. The number of amides is 2. The molecule has 2 aromatic rings. The first-order chi connectivity index (χ1) is 11.6. The molecule has 3 heterocycles. The number of hydrogen-bond acceptors (Lipinski definition) is 3. The molecule has 2 atom stereocenters. The van der Waals surface area contributed by atoms with Gasteiger partial charge in [-0.1, -0.05) is 12.1 Å². The standard InChI is InChI=1S/C18H17FN2O3/c19-14-4-2-1-3-13(14)15-7-8-16(24-15)18(23)21-11-5-6-12(21)10-20-17(22)9-11/h1-4,7-8,11-12H,5-6,9-10H2,(H,20,22). The Morgan fingerprint density at radius 2 is 1.96 bits per heavy atom. The van der Waals surface area contributed by atoms with Crippen LogP contribution in [0.1, 0.15) is 29.8 Å². The zero-order chi connectivity index (χ0) is 16.7. The lowest BCUT2D eigenvalue weighted by molar-refractivity contribution is -0.121. The molecule has 24 heavy (non-hydrogen) atoms.